The number of hydrogen-bond donors (Lipinski definition) is 1. The van der Waals surface area contributed by atoms with Gasteiger partial charge >= 0.3 is 0 Å². The molecule has 0 saturated carbocycles. The number of rotatable bonds is 0. The third-order valence-electron chi connectivity index (χ3n) is 1.89. The predicted molar refractivity (Wildman–Crippen MR) is 64.4 cm³/mol. The quantitative estimate of drug-likeness (QED) is 0.788. The molecule has 0 radical (unpaired) electrons. The van der Waals surface area contributed by atoms with Crippen LogP contribution in [0.5, 0.6) is 5.75 Å². The van der Waals surface area contributed by atoms with Crippen molar-refractivity contribution < 1.29 is 9.53 Å². The van der Waals surface area contributed by atoms with Crippen LogP contribution in [0.1, 0.15) is 19.4 Å². The van der Waals surface area contributed by atoms with E-state index in [1.54, 1.807) is 0 Å². The lowest BCUT2D eigenvalue weighted by Gasteiger charge is -2.19. The van der Waals surface area contributed by atoms with Gasteiger partial charge in [0.25, 0.3) is 5.91 Å². The van der Waals surface area contributed by atoms with Crippen molar-refractivity contribution in [1.82, 2.24) is 0 Å². The molecule has 0 bridgehead atoms. The monoisotopic (exact) mass is 271 g/mol. The molecule has 0 spiro atoms. The van der Waals surface area contributed by atoms with E-state index in [2.05, 4.69) is 21.2 Å². The second kappa shape index (κ2) is 5.16. The van der Waals surface area contributed by atoms with E-state index < -0.39 is 0 Å². The molecule has 3 nitrogen and oxygen atoms in total. The fourth-order valence-electron chi connectivity index (χ4n) is 1.31. The Bertz CT molecular complexity index is 377. The summed E-state index contributed by atoms with van der Waals surface area (Å²) in [6.45, 7) is 6.03. The molecular formula is C11H14BrNO2. The van der Waals surface area contributed by atoms with Gasteiger partial charge < -0.3 is 10.1 Å². The topological polar surface area (TPSA) is 38.3 Å². The van der Waals surface area contributed by atoms with E-state index in [1.165, 1.54) is 0 Å². The predicted octanol–water partition coefficient (Wildman–Crippen LogP) is 3.11. The minimum atomic E-state index is -0.0991. The number of nitrogens with one attached hydrogen (secondary N) is 1. The second-order valence-corrected chi connectivity index (χ2v) is 3.85. The van der Waals surface area contributed by atoms with Crippen molar-refractivity contribution in [1.29, 1.82) is 0 Å². The maximum absolute atomic E-state index is 11.0. The lowest BCUT2D eigenvalue weighted by atomic mass is 10.1. The SMILES string of the molecule is CC.Cc1cc(Br)cc2c1NC(=O)CO2. The number of carbonyl (C=O) groups excluding carboxylic acids is 1. The van der Waals surface area contributed by atoms with Crippen LogP contribution < -0.4 is 10.1 Å². The molecule has 82 valence electrons. The zero-order valence-corrected chi connectivity index (χ0v) is 10.6. The normalized spacial score (nSPS) is 12.9. The van der Waals surface area contributed by atoms with Gasteiger partial charge in [-0.25, -0.2) is 0 Å². The molecule has 0 unspecified atom stereocenters. The summed E-state index contributed by atoms with van der Waals surface area (Å²) in [5.74, 6) is 0.629. The molecule has 0 aromatic heterocycles. The van der Waals surface area contributed by atoms with E-state index in [9.17, 15) is 4.79 Å². The van der Waals surface area contributed by atoms with Crippen molar-refractivity contribution in [2.24, 2.45) is 0 Å². The molecule has 4 heteroatoms. The van der Waals surface area contributed by atoms with Gasteiger partial charge in [-0.2, -0.15) is 0 Å². The number of benzene rings is 1. The number of ether oxygens (including phenoxy) is 1. The Morgan fingerprint density at radius 3 is 2.73 bits per heavy atom. The van der Waals surface area contributed by atoms with E-state index in [-0.39, 0.29) is 12.5 Å². The number of aryl methyl sites for hydroxylation is 1. The zero-order chi connectivity index (χ0) is 11.4. The maximum atomic E-state index is 11.0. The molecule has 0 fully saturated rings. The average molecular weight is 272 g/mol. The van der Waals surface area contributed by atoms with Gasteiger partial charge in [0, 0.05) is 4.47 Å². The van der Waals surface area contributed by atoms with E-state index in [0.29, 0.717) is 0 Å². The Morgan fingerprint density at radius 2 is 2.07 bits per heavy atom. The van der Waals surface area contributed by atoms with Gasteiger partial charge in [0.15, 0.2) is 6.61 Å². The highest BCUT2D eigenvalue weighted by molar-refractivity contribution is 9.10. The van der Waals surface area contributed by atoms with E-state index >= 15 is 0 Å². The fourth-order valence-corrected chi connectivity index (χ4v) is 1.86. The molecule has 1 aliphatic rings. The molecule has 2 rings (SSSR count). The first-order chi connectivity index (χ1) is 7.16. The Hall–Kier alpha value is -1.03. The summed E-state index contributed by atoms with van der Waals surface area (Å²) in [6.07, 6.45) is 0. The van der Waals surface area contributed by atoms with Crippen LogP contribution in [-0.4, -0.2) is 12.5 Å². The number of hydrogen-bond acceptors (Lipinski definition) is 2. The lowest BCUT2D eigenvalue weighted by molar-refractivity contribution is -0.118. The Morgan fingerprint density at radius 1 is 1.40 bits per heavy atom. The van der Waals surface area contributed by atoms with Crippen molar-refractivity contribution in [3.8, 4) is 5.75 Å². The number of carbonyl (C=O) groups is 1. The minimum Gasteiger partial charge on any atom is -0.482 e. The van der Waals surface area contributed by atoms with Gasteiger partial charge in [-0.3, -0.25) is 4.79 Å². The standard InChI is InChI=1S/C9H8BrNO2.C2H6/c1-5-2-6(10)3-7-9(5)11-8(12)4-13-7;1-2/h2-3H,4H2,1H3,(H,11,12);1-2H3. The average Bonchev–Trinajstić information content (AvgIpc) is 2.22. The van der Waals surface area contributed by atoms with Crippen molar-refractivity contribution >= 4 is 27.5 Å². The summed E-state index contributed by atoms with van der Waals surface area (Å²) < 4.78 is 6.21. The van der Waals surface area contributed by atoms with Crippen LogP contribution >= 0.6 is 15.9 Å². The summed E-state index contributed by atoms with van der Waals surface area (Å²) in [6, 6.07) is 3.79. The van der Waals surface area contributed by atoms with Crippen molar-refractivity contribution in [3.05, 3.63) is 22.2 Å². The second-order valence-electron chi connectivity index (χ2n) is 2.93. The smallest absolute Gasteiger partial charge is 0.262 e. The number of amides is 1. The molecule has 1 aromatic carbocycles. The molecule has 1 heterocycles. The lowest BCUT2D eigenvalue weighted by Crippen LogP contribution is -2.25. The van der Waals surface area contributed by atoms with E-state index in [0.717, 1.165) is 21.5 Å². The van der Waals surface area contributed by atoms with Crippen LogP contribution in [-0.2, 0) is 4.79 Å². The van der Waals surface area contributed by atoms with Gasteiger partial charge in [-0.05, 0) is 24.6 Å². The molecule has 0 atom stereocenters. The minimum absolute atomic E-state index is 0.0991. The summed E-state index contributed by atoms with van der Waals surface area (Å²) in [4.78, 5) is 11.0. The number of halogens is 1. The molecule has 1 aromatic rings. The Labute approximate surface area is 97.9 Å². The zero-order valence-electron chi connectivity index (χ0n) is 9.06. The summed E-state index contributed by atoms with van der Waals surface area (Å²) in [5.41, 5.74) is 1.77. The van der Waals surface area contributed by atoms with E-state index in [1.807, 2.05) is 32.9 Å². The van der Waals surface area contributed by atoms with E-state index in [4.69, 9.17) is 4.74 Å². The van der Waals surface area contributed by atoms with Gasteiger partial charge in [-0.1, -0.05) is 29.8 Å². The van der Waals surface area contributed by atoms with Crippen LogP contribution in [0.15, 0.2) is 16.6 Å². The molecule has 1 aliphatic heterocycles. The highest BCUT2D eigenvalue weighted by Crippen LogP contribution is 2.33. The molecule has 1 N–H and O–H groups in total. The van der Waals surface area contributed by atoms with Crippen molar-refractivity contribution in [2.45, 2.75) is 20.8 Å². The van der Waals surface area contributed by atoms with Gasteiger partial charge in [-0.15, -0.1) is 0 Å². The highest BCUT2D eigenvalue weighted by atomic mass is 79.9. The van der Waals surface area contributed by atoms with Gasteiger partial charge in [0.2, 0.25) is 0 Å². The fraction of sp³-hybridized carbons (Fsp3) is 0.364. The number of anilines is 1. The molecular weight excluding hydrogens is 258 g/mol. The van der Waals surface area contributed by atoms with Crippen molar-refractivity contribution in [2.75, 3.05) is 11.9 Å². The highest BCUT2D eigenvalue weighted by Gasteiger charge is 2.17. The van der Waals surface area contributed by atoms with Crippen molar-refractivity contribution in [3.63, 3.8) is 0 Å². The Balaban J connectivity index is 0.000000531. The first kappa shape index (κ1) is 12.0. The van der Waals surface area contributed by atoms with Gasteiger partial charge in [0.1, 0.15) is 5.75 Å². The summed E-state index contributed by atoms with van der Waals surface area (Å²) in [5, 5.41) is 2.77. The molecule has 0 aliphatic carbocycles. The summed E-state index contributed by atoms with van der Waals surface area (Å²) in [7, 11) is 0. The molecule has 1 amide bonds. The third-order valence-corrected chi connectivity index (χ3v) is 2.35. The van der Waals surface area contributed by atoms with Crippen LogP contribution in [0.3, 0.4) is 0 Å². The van der Waals surface area contributed by atoms with Crippen LogP contribution in [0.4, 0.5) is 5.69 Å². The number of fused-ring (bicyclic) bond motifs is 1. The first-order valence-electron chi connectivity index (χ1n) is 4.89. The molecule has 0 saturated heterocycles. The third kappa shape index (κ3) is 2.72. The molecule has 15 heavy (non-hydrogen) atoms. The van der Waals surface area contributed by atoms with Crippen LogP contribution in [0, 0.1) is 6.92 Å². The maximum Gasteiger partial charge on any atom is 0.262 e. The first-order valence-corrected chi connectivity index (χ1v) is 5.69. The van der Waals surface area contributed by atoms with Crippen LogP contribution in [0.25, 0.3) is 0 Å². The summed E-state index contributed by atoms with van der Waals surface area (Å²) >= 11 is 3.36. The van der Waals surface area contributed by atoms with Crippen LogP contribution in [0.2, 0.25) is 0 Å². The Kier molecular flexibility index (Phi) is 4.15. The van der Waals surface area contributed by atoms with Gasteiger partial charge in [0.05, 0.1) is 5.69 Å². The largest absolute Gasteiger partial charge is 0.482 e.